The summed E-state index contributed by atoms with van der Waals surface area (Å²) in [5, 5.41) is 0. The molecule has 0 atom stereocenters. The minimum atomic E-state index is -1.54. The van der Waals surface area contributed by atoms with Crippen LogP contribution in [-0.4, -0.2) is 29.7 Å². The summed E-state index contributed by atoms with van der Waals surface area (Å²) in [6, 6.07) is 0. The molecule has 0 aromatic rings. The number of rotatable bonds is 2. The van der Waals surface area contributed by atoms with Crippen LogP contribution < -0.4 is 0 Å². The molecule has 0 saturated carbocycles. The minimum absolute atomic E-state index is 0.308. The molecule has 0 fully saturated rings. The van der Waals surface area contributed by atoms with E-state index in [4.69, 9.17) is 9.47 Å². The summed E-state index contributed by atoms with van der Waals surface area (Å²) in [4.78, 5) is 29.7. The normalized spacial score (nSPS) is 19.6. The lowest BCUT2D eigenvalue weighted by molar-refractivity contribution is -0.190. The largest absolute Gasteiger partial charge is 0.411 e. The van der Waals surface area contributed by atoms with E-state index in [1.165, 1.54) is 26.3 Å². The van der Waals surface area contributed by atoms with Crippen LogP contribution in [0.3, 0.4) is 0 Å². The Kier molecular flexibility index (Phi) is 1.92. The zero-order valence-corrected chi connectivity index (χ0v) is 8.18. The SMILES string of the molecule is CC(=O)OC1(OC(C)=O)C2=CN=C1C=N2. The van der Waals surface area contributed by atoms with Crippen molar-refractivity contribution < 1.29 is 19.1 Å². The number of carbonyl (C=O) groups is 2. The molecule has 0 spiro atoms. The van der Waals surface area contributed by atoms with Crippen molar-refractivity contribution >= 4 is 23.9 Å². The Morgan fingerprint density at radius 2 is 1.87 bits per heavy atom. The van der Waals surface area contributed by atoms with Gasteiger partial charge in [-0.25, -0.2) is 9.98 Å². The zero-order valence-electron chi connectivity index (χ0n) is 8.18. The van der Waals surface area contributed by atoms with Gasteiger partial charge in [-0.05, 0) is 0 Å². The summed E-state index contributed by atoms with van der Waals surface area (Å²) < 4.78 is 9.98. The molecule has 2 aliphatic rings. The number of hydrogen-bond acceptors (Lipinski definition) is 6. The number of fused-ring (bicyclic) bond motifs is 2. The average molecular weight is 208 g/mol. The molecule has 0 N–H and O–H groups in total. The molecular formula is C9H8N2O4. The number of nitrogens with zero attached hydrogens (tertiary/aromatic N) is 2. The van der Waals surface area contributed by atoms with Gasteiger partial charge >= 0.3 is 17.7 Å². The van der Waals surface area contributed by atoms with Crippen LogP contribution >= 0.6 is 0 Å². The highest BCUT2D eigenvalue weighted by molar-refractivity contribution is 6.39. The molecule has 0 amide bonds. The summed E-state index contributed by atoms with van der Waals surface area (Å²) in [5.74, 6) is -2.68. The molecular weight excluding hydrogens is 200 g/mol. The highest BCUT2D eigenvalue weighted by Crippen LogP contribution is 2.35. The third kappa shape index (κ3) is 1.34. The number of hydrogen-bond donors (Lipinski definition) is 0. The number of carbonyl (C=O) groups excluding carboxylic acids is 2. The van der Waals surface area contributed by atoms with E-state index >= 15 is 0 Å². The van der Waals surface area contributed by atoms with Crippen LogP contribution in [0.15, 0.2) is 21.9 Å². The second-order valence-corrected chi connectivity index (χ2v) is 3.09. The van der Waals surface area contributed by atoms with Crippen molar-refractivity contribution in [3.63, 3.8) is 0 Å². The summed E-state index contributed by atoms with van der Waals surface area (Å²) in [5.41, 5.74) is 0.616. The lowest BCUT2D eigenvalue weighted by Crippen LogP contribution is -2.44. The third-order valence-corrected chi connectivity index (χ3v) is 1.90. The highest BCUT2D eigenvalue weighted by atomic mass is 16.7. The predicted octanol–water partition coefficient (Wildman–Crippen LogP) is 0.189. The van der Waals surface area contributed by atoms with Gasteiger partial charge in [-0.1, -0.05) is 0 Å². The Bertz CT molecular complexity index is 393. The van der Waals surface area contributed by atoms with Gasteiger partial charge < -0.3 is 9.47 Å². The molecule has 0 aromatic carbocycles. The van der Waals surface area contributed by atoms with Crippen molar-refractivity contribution in [2.75, 3.05) is 0 Å². The monoisotopic (exact) mass is 208 g/mol. The molecule has 0 radical (unpaired) electrons. The van der Waals surface area contributed by atoms with E-state index in [0.717, 1.165) is 0 Å². The highest BCUT2D eigenvalue weighted by Gasteiger charge is 2.52. The molecule has 0 saturated heterocycles. The molecule has 0 aliphatic carbocycles. The van der Waals surface area contributed by atoms with E-state index in [1.807, 2.05) is 0 Å². The molecule has 2 heterocycles. The number of ether oxygens (including phenoxy) is 2. The second kappa shape index (κ2) is 3.01. The van der Waals surface area contributed by atoms with Crippen molar-refractivity contribution in [3.8, 4) is 0 Å². The topological polar surface area (TPSA) is 77.3 Å². The van der Waals surface area contributed by atoms with Crippen molar-refractivity contribution in [1.29, 1.82) is 0 Å². The van der Waals surface area contributed by atoms with E-state index in [9.17, 15) is 9.59 Å². The lowest BCUT2D eigenvalue weighted by atomic mass is 10.2. The quantitative estimate of drug-likeness (QED) is 0.479. The summed E-state index contributed by atoms with van der Waals surface area (Å²) >= 11 is 0. The fraction of sp³-hybridized carbons (Fsp3) is 0.333. The van der Waals surface area contributed by atoms with Crippen molar-refractivity contribution in [2.45, 2.75) is 19.6 Å². The molecule has 0 unspecified atom stereocenters. The van der Waals surface area contributed by atoms with Crippen LogP contribution in [0, 0.1) is 0 Å². The Hall–Kier alpha value is -1.98. The average Bonchev–Trinajstić information content (AvgIpc) is 2.58. The summed E-state index contributed by atoms with van der Waals surface area (Å²) in [6.07, 6.45) is 2.81. The van der Waals surface area contributed by atoms with E-state index < -0.39 is 17.7 Å². The van der Waals surface area contributed by atoms with Gasteiger partial charge in [0, 0.05) is 13.8 Å². The summed E-state index contributed by atoms with van der Waals surface area (Å²) in [7, 11) is 0. The van der Waals surface area contributed by atoms with Gasteiger partial charge in [0.15, 0.2) is 0 Å². The Morgan fingerprint density at radius 3 is 2.13 bits per heavy atom. The maximum atomic E-state index is 11.0. The maximum Gasteiger partial charge on any atom is 0.347 e. The first kappa shape index (κ1) is 9.57. The lowest BCUT2D eigenvalue weighted by Gasteiger charge is -2.25. The molecule has 2 rings (SSSR count). The van der Waals surface area contributed by atoms with Crippen molar-refractivity contribution in [1.82, 2.24) is 0 Å². The first-order chi connectivity index (χ1) is 7.04. The minimum Gasteiger partial charge on any atom is -0.411 e. The van der Waals surface area contributed by atoms with Gasteiger partial charge in [0.2, 0.25) is 0 Å². The van der Waals surface area contributed by atoms with Crippen molar-refractivity contribution in [3.05, 3.63) is 11.9 Å². The van der Waals surface area contributed by atoms with E-state index in [-0.39, 0.29) is 0 Å². The fourth-order valence-corrected chi connectivity index (χ4v) is 1.43. The van der Waals surface area contributed by atoms with Crippen LogP contribution in [0.4, 0.5) is 0 Å². The zero-order chi connectivity index (χ0) is 11.1. The van der Waals surface area contributed by atoms with Gasteiger partial charge in [0.05, 0.1) is 12.4 Å². The molecule has 6 heteroatoms. The fourth-order valence-electron chi connectivity index (χ4n) is 1.43. The Labute approximate surface area is 85.3 Å². The molecule has 2 bridgehead atoms. The van der Waals surface area contributed by atoms with E-state index in [0.29, 0.717) is 11.4 Å². The molecule has 15 heavy (non-hydrogen) atoms. The second-order valence-electron chi connectivity index (χ2n) is 3.09. The first-order valence-electron chi connectivity index (χ1n) is 4.27. The first-order valence-corrected chi connectivity index (χ1v) is 4.27. The van der Waals surface area contributed by atoms with Crippen molar-refractivity contribution in [2.24, 2.45) is 9.98 Å². The van der Waals surface area contributed by atoms with Crippen LogP contribution in [0.2, 0.25) is 0 Å². The van der Waals surface area contributed by atoms with Crippen LogP contribution in [0.5, 0.6) is 0 Å². The van der Waals surface area contributed by atoms with Gasteiger partial charge in [-0.2, -0.15) is 0 Å². The number of esters is 2. The third-order valence-electron chi connectivity index (χ3n) is 1.90. The van der Waals surface area contributed by atoms with Gasteiger partial charge in [-0.3, -0.25) is 9.59 Å². The number of aliphatic imine (C=N–C) groups is 2. The van der Waals surface area contributed by atoms with Crippen LogP contribution in [-0.2, 0) is 19.1 Å². The van der Waals surface area contributed by atoms with Crippen LogP contribution in [0.1, 0.15) is 13.8 Å². The standard InChI is InChI=1S/C9H8N2O4/c1-5(12)14-9(15-6(2)13)7-3-10-8(9)4-11-7/h3-4H,1-2H3. The smallest absolute Gasteiger partial charge is 0.347 e. The molecule has 6 nitrogen and oxygen atoms in total. The summed E-state index contributed by atoms with van der Waals surface area (Å²) in [6.45, 7) is 2.45. The Balaban J connectivity index is 2.35. The predicted molar refractivity (Wildman–Crippen MR) is 50.3 cm³/mol. The van der Waals surface area contributed by atoms with Crippen LogP contribution in [0.25, 0.3) is 0 Å². The van der Waals surface area contributed by atoms with E-state index in [1.54, 1.807) is 0 Å². The van der Waals surface area contributed by atoms with Gasteiger partial charge in [0.1, 0.15) is 11.4 Å². The maximum absolute atomic E-state index is 11.0. The van der Waals surface area contributed by atoms with E-state index in [2.05, 4.69) is 9.98 Å². The molecule has 2 aliphatic heterocycles. The Morgan fingerprint density at radius 1 is 1.27 bits per heavy atom. The van der Waals surface area contributed by atoms with Gasteiger partial charge in [0.25, 0.3) is 0 Å². The molecule has 0 aromatic heterocycles. The molecule has 78 valence electrons. The van der Waals surface area contributed by atoms with Gasteiger partial charge in [-0.15, -0.1) is 0 Å².